The number of amides is 2. The molecule has 0 spiro atoms. The monoisotopic (exact) mass is 1820 g/mol. The molecule has 7 aliphatic heterocycles. The molecule has 128 heavy (non-hydrogen) atoms. The molecule has 4 bridgehead atoms. The average molecular weight is 1820 g/mol. The number of methoxy groups -OCH3 is 4. The normalized spacial score (nSPS) is 39.8. The predicted molar refractivity (Wildman–Crippen MR) is 491 cm³/mol. The Morgan fingerprint density at radius 2 is 0.984 bits per heavy atom. The summed E-state index contributed by atoms with van der Waals surface area (Å²) in [5.41, 5.74) is 3.43. The average Bonchev–Trinajstić information content (AvgIpc) is 0.795. The van der Waals surface area contributed by atoms with E-state index in [1.165, 1.54) is 24.0 Å². The molecule has 5 saturated heterocycles. The van der Waals surface area contributed by atoms with Gasteiger partial charge in [0.05, 0.1) is 54.9 Å². The van der Waals surface area contributed by atoms with Crippen LogP contribution < -0.4 is 0 Å². The minimum Gasteiger partial charge on any atom is -0.456 e. The van der Waals surface area contributed by atoms with E-state index >= 15 is 0 Å². The summed E-state index contributed by atoms with van der Waals surface area (Å²) in [6.45, 7) is 33.7. The fourth-order valence-electron chi connectivity index (χ4n) is 21.3. The Bertz CT molecular complexity index is 3830. The summed E-state index contributed by atoms with van der Waals surface area (Å²) in [6.07, 6.45) is 19.0. The molecule has 31 atom stereocenters. The van der Waals surface area contributed by atoms with Crippen LogP contribution in [-0.2, 0) is 81.0 Å². The fraction of sp³-hybridized carbons (Fsp3) is 0.792. The molecule has 9 rings (SSSR count). The van der Waals surface area contributed by atoms with Crippen LogP contribution in [0.5, 0.6) is 0 Å². The molecular weight excluding hydrogens is 1660 g/mol. The van der Waals surface area contributed by atoms with Crippen molar-refractivity contribution in [2.45, 2.75) is 379 Å². The number of aliphatic hydroxyl groups is 6. The zero-order valence-electron chi connectivity index (χ0n) is 80.8. The van der Waals surface area contributed by atoms with Gasteiger partial charge in [-0.25, -0.2) is 9.59 Å². The molecule has 2 amide bonds. The zero-order chi connectivity index (χ0) is 95.1. The van der Waals surface area contributed by atoms with E-state index in [0.29, 0.717) is 88.5 Å². The van der Waals surface area contributed by atoms with Crippen molar-refractivity contribution in [2.24, 2.45) is 76.9 Å². The molecule has 27 heteroatoms. The maximum atomic E-state index is 14.3. The number of halogens is 1. The molecule has 2 aliphatic carbocycles. The highest BCUT2D eigenvalue weighted by atomic mass is 35.5. The number of piperidine rings is 2. The first-order valence-electron chi connectivity index (χ1n) is 48.1. The van der Waals surface area contributed by atoms with E-state index in [0.717, 1.165) is 74.6 Å². The first-order valence-corrected chi connectivity index (χ1v) is 48.5. The number of rotatable bonds is 15. The van der Waals surface area contributed by atoms with Gasteiger partial charge in [-0.05, 0) is 248 Å². The lowest BCUT2D eigenvalue weighted by atomic mass is 9.78. The molecule has 2 saturated carbocycles. The largest absolute Gasteiger partial charge is 0.456 e. The van der Waals surface area contributed by atoms with Gasteiger partial charge in [0.25, 0.3) is 23.4 Å². The van der Waals surface area contributed by atoms with Crippen LogP contribution in [0.15, 0.2) is 71.4 Å². The van der Waals surface area contributed by atoms with Crippen molar-refractivity contribution in [1.29, 1.82) is 0 Å². The van der Waals surface area contributed by atoms with E-state index in [-0.39, 0.29) is 122 Å². The number of likely N-dealkylation sites (N-methyl/N-ethyl adjacent to an activating group) is 1. The van der Waals surface area contributed by atoms with Crippen molar-refractivity contribution in [2.75, 3.05) is 55.1 Å². The summed E-state index contributed by atoms with van der Waals surface area (Å²) in [4.78, 5) is 129. The standard InChI is InChI=1S/C44H69NO11.C43H68ClNO10.C14H25NO2/c1-10-13-32-19-25(2)18-26(3)20-37(53-8)40-38(54-9)23-29(6)44(52,56-40)41(49)42(50)45-17-12-11-14-33(45)43(51)55-39(30(7)35(47)24-36(32)48)28(5)22-31-15-16-34(46)27(4)21-31;1-10-31-18-24(2)17-25(3)19-36(52-8)39-37(53-9)22-28(6)43(51,55-39)40(48)41(49)45-16-12-11-13-33(45)42(50)54-38(29(7)34(46)23-35(31)47)27(5)21-30-14-15-32(44)26(4)20-30;1-4-5-8-11(2)14(17)13-12(16)9-6-7-10-15(13)3/h10,19,22,26-27,29-35,37-40,46-47,52H,1,11-18,20-21,23-24H2,2-9H3;18,21,25-26,28-34,36-39,46,51H,10-17,19-20,22-23H2,1-9H3;4-5,11,13-14,17H,6-10H2,1-3H3/b25-19+,28-22+;24-18+,27-21+;5-4+/t26-,27+,29+,30+,31+,32+,33-,34+,35-,37-,38-,39+,40+,44+;25-,26+,28+,29+,30+,31+,32-,33-,34-,36-,37-,38+,39+,43+;/m00./s1. The second-order valence-electron chi connectivity index (χ2n) is 39.9. The van der Waals surface area contributed by atoms with Gasteiger partial charge in [0, 0.05) is 102 Å². The Balaban J connectivity index is 0.000000296. The topological polar surface area (TPSA) is 359 Å². The van der Waals surface area contributed by atoms with Gasteiger partial charge in [-0.1, -0.05) is 123 Å². The third-order valence-electron chi connectivity index (χ3n) is 29.5. The number of nitrogens with zero attached hydrogens (tertiary/aromatic N) is 3. The van der Waals surface area contributed by atoms with Crippen LogP contribution >= 0.6 is 11.6 Å². The van der Waals surface area contributed by atoms with Gasteiger partial charge >= 0.3 is 11.9 Å². The first-order chi connectivity index (χ1) is 60.5. The van der Waals surface area contributed by atoms with Gasteiger partial charge in [0.1, 0.15) is 48.1 Å². The number of cyclic esters (lactones) is 2. The number of ether oxygens (including phenoxy) is 8. The molecule has 0 aromatic heterocycles. The number of carbonyl (C=O) groups is 9. The summed E-state index contributed by atoms with van der Waals surface area (Å²) >= 11 is 6.53. The first kappa shape index (κ1) is 109. The lowest BCUT2D eigenvalue weighted by Crippen LogP contribution is -2.64. The number of allylic oxidation sites excluding steroid dienone is 9. The number of ketones is 5. The maximum Gasteiger partial charge on any atom is 0.329 e. The number of carbonyl (C=O) groups excluding carboxylic acids is 9. The number of hydrogen-bond acceptors (Lipinski definition) is 24. The molecule has 726 valence electrons. The van der Waals surface area contributed by atoms with Crippen molar-refractivity contribution in [1.82, 2.24) is 14.7 Å². The van der Waals surface area contributed by atoms with Gasteiger partial charge in [-0.3, -0.25) is 38.5 Å². The van der Waals surface area contributed by atoms with Crippen molar-refractivity contribution >= 4 is 64.3 Å². The van der Waals surface area contributed by atoms with Crippen molar-refractivity contribution in [3.63, 3.8) is 0 Å². The van der Waals surface area contributed by atoms with E-state index in [1.807, 2.05) is 98.6 Å². The van der Waals surface area contributed by atoms with Crippen molar-refractivity contribution < 1.29 is 112 Å². The quantitative estimate of drug-likeness (QED) is 0.0384. The van der Waals surface area contributed by atoms with E-state index in [9.17, 15) is 73.8 Å². The van der Waals surface area contributed by atoms with Gasteiger partial charge in [0.15, 0.2) is 5.78 Å². The molecule has 0 aromatic rings. The van der Waals surface area contributed by atoms with Crippen LogP contribution in [0.25, 0.3) is 0 Å². The molecule has 6 N–H and O–H groups in total. The van der Waals surface area contributed by atoms with Crippen LogP contribution in [0.4, 0.5) is 0 Å². The lowest BCUT2D eigenvalue weighted by Gasteiger charge is -2.47. The molecule has 0 aromatic carbocycles. The predicted octanol–water partition coefficient (Wildman–Crippen LogP) is 13.6. The molecule has 26 nitrogen and oxygen atoms in total. The van der Waals surface area contributed by atoms with E-state index < -0.39 is 162 Å². The Hall–Kier alpha value is -5.56. The van der Waals surface area contributed by atoms with Crippen molar-refractivity contribution in [3.05, 3.63) is 71.4 Å². The van der Waals surface area contributed by atoms with Crippen LogP contribution in [0.2, 0.25) is 0 Å². The van der Waals surface area contributed by atoms with E-state index in [2.05, 4.69) is 32.6 Å². The van der Waals surface area contributed by atoms with Gasteiger partial charge in [-0.2, -0.15) is 0 Å². The van der Waals surface area contributed by atoms with Gasteiger partial charge < -0.3 is 78.3 Å². The highest BCUT2D eigenvalue weighted by Gasteiger charge is 2.59. The number of Topliss-reactive ketones (excluding diaryl/α,β-unsaturated/α-hetero) is 5. The Morgan fingerprint density at radius 3 is 1.41 bits per heavy atom. The minimum atomic E-state index is -2.50. The van der Waals surface area contributed by atoms with Crippen LogP contribution in [0.1, 0.15) is 271 Å². The smallest absolute Gasteiger partial charge is 0.329 e. The number of aliphatic hydroxyl groups excluding tert-OH is 4. The number of esters is 2. The Labute approximate surface area is 769 Å². The Kier molecular flexibility index (Phi) is 43.8. The molecule has 3 unspecified atom stereocenters. The number of alkyl halides is 1. The zero-order valence-corrected chi connectivity index (χ0v) is 81.6. The van der Waals surface area contributed by atoms with Gasteiger partial charge in [-0.15, -0.1) is 18.2 Å². The molecule has 9 aliphatic rings. The fourth-order valence-corrected chi connectivity index (χ4v) is 21.5. The molecule has 7 fully saturated rings. The van der Waals surface area contributed by atoms with Crippen LogP contribution in [0, 0.1) is 76.9 Å². The number of likely N-dealkylation sites (tertiary alicyclic amines) is 1. The molecular formula is C101H162ClN3O23. The third kappa shape index (κ3) is 28.8. The number of fused-ring (bicyclic) bond motifs is 6. The highest BCUT2D eigenvalue weighted by Crippen LogP contribution is 2.44. The van der Waals surface area contributed by atoms with Crippen LogP contribution in [-0.4, -0.2) is 261 Å². The third-order valence-corrected chi connectivity index (χ3v) is 30.1. The molecule has 7 heterocycles. The van der Waals surface area contributed by atoms with Crippen LogP contribution in [0.3, 0.4) is 0 Å². The highest BCUT2D eigenvalue weighted by molar-refractivity contribution is 6.39. The summed E-state index contributed by atoms with van der Waals surface area (Å²) in [6, 6.07) is -2.52. The summed E-state index contributed by atoms with van der Waals surface area (Å²) in [5, 5.41) is 68.1. The van der Waals surface area contributed by atoms with Gasteiger partial charge in [0.2, 0.25) is 11.6 Å². The Morgan fingerprint density at radius 1 is 0.562 bits per heavy atom. The lowest BCUT2D eigenvalue weighted by molar-refractivity contribution is -0.302. The summed E-state index contributed by atoms with van der Waals surface area (Å²) in [5.74, 6) is -13.8. The minimum absolute atomic E-state index is 0.0180. The summed E-state index contributed by atoms with van der Waals surface area (Å²) in [7, 11) is 8.09. The second kappa shape index (κ2) is 51.2. The second-order valence-corrected chi connectivity index (χ2v) is 40.5. The maximum absolute atomic E-state index is 14.3. The van der Waals surface area contributed by atoms with E-state index in [4.69, 9.17) is 49.5 Å². The molecule has 0 radical (unpaired) electrons. The van der Waals surface area contributed by atoms with Crippen molar-refractivity contribution in [3.8, 4) is 0 Å². The van der Waals surface area contributed by atoms with E-state index in [1.54, 1.807) is 48.0 Å². The number of hydrogen-bond donors (Lipinski definition) is 6. The summed E-state index contributed by atoms with van der Waals surface area (Å²) < 4.78 is 48.5. The SMILES string of the molecule is C/C=C/CC(C)C(O)C1C(=O)CCCCN1C.C=CC[C@@H]1/C=C(\C)C[C@H](C)C[C@H](OC)[C@H]2O[C@@](O)(C(=O)C(=O)N3CCCC[C@H]3C(=O)O[C@H](/C(C)=C/[C@@H]3CC[C@@H](O)[C@H](C)C3)[C@H](C)[C@@H](O)CC1=O)[C@H](C)C[C@@H]2OC.CC[C@@H]1/C=C(\C)C[C@H](C)C[C@H](OC)[C@H]2O[C@@](O)(C(=O)C(=O)N3CCCC[C@H]3C(=O)O[C@H](/C(C)=C/[C@@H]3CC[C@H](Cl)[C@H](C)C3)[C@H](C)[C@@H](O)CC1=O)[C@H](C)C[C@@H]2OC.